The Balaban J connectivity index is 0.00000190. The number of imidazole rings is 1. The van der Waals surface area contributed by atoms with E-state index < -0.39 is 0 Å². The van der Waals surface area contributed by atoms with E-state index in [4.69, 9.17) is 9.47 Å². The van der Waals surface area contributed by atoms with Crippen LogP contribution in [0.4, 0.5) is 5.69 Å². The van der Waals surface area contributed by atoms with E-state index >= 15 is 0 Å². The molecule has 3 aromatic carbocycles. The van der Waals surface area contributed by atoms with Gasteiger partial charge in [0.1, 0.15) is 11.5 Å². The Hall–Kier alpha value is -3.68. The minimum atomic E-state index is -0.0658. The molecule has 0 saturated heterocycles. The van der Waals surface area contributed by atoms with Crippen LogP contribution < -0.4 is 14.4 Å². The van der Waals surface area contributed by atoms with Gasteiger partial charge in [-0.15, -0.1) is 24.8 Å². The maximum absolute atomic E-state index is 13.7. The summed E-state index contributed by atoms with van der Waals surface area (Å²) in [6.45, 7) is 2.47. The van der Waals surface area contributed by atoms with Gasteiger partial charge in [-0.05, 0) is 41.0 Å². The van der Waals surface area contributed by atoms with Gasteiger partial charge in [-0.3, -0.25) is 4.79 Å². The van der Waals surface area contributed by atoms with Crippen molar-refractivity contribution < 1.29 is 14.3 Å². The van der Waals surface area contributed by atoms with Crippen LogP contribution in [-0.4, -0.2) is 48.1 Å². The molecule has 0 unspecified atom stereocenters. The molecule has 1 N–H and O–H groups in total. The van der Waals surface area contributed by atoms with Crippen LogP contribution in [0.25, 0.3) is 11.1 Å². The SMILES string of the molecule is COc1ccc(C(=O)N2CCN(Cc3cnc[nH]3)c3ccc(-c4ccccc4)cc3C2)c(OC)c1.Cl.Cl. The Morgan fingerprint density at radius 3 is 2.46 bits per heavy atom. The van der Waals surface area contributed by atoms with Crippen LogP contribution in [0, 0.1) is 0 Å². The highest BCUT2D eigenvalue weighted by Crippen LogP contribution is 2.33. The van der Waals surface area contributed by atoms with Gasteiger partial charge >= 0.3 is 0 Å². The Bertz CT molecular complexity index is 1320. The van der Waals surface area contributed by atoms with E-state index in [1.54, 1.807) is 38.7 Å². The molecule has 5 rings (SSSR count). The quantitative estimate of drug-likeness (QED) is 0.344. The second-order valence-corrected chi connectivity index (χ2v) is 8.50. The minimum Gasteiger partial charge on any atom is -0.497 e. The average Bonchev–Trinajstić information content (AvgIpc) is 3.36. The molecule has 1 aliphatic rings. The molecule has 0 spiro atoms. The first-order valence-corrected chi connectivity index (χ1v) is 11.6. The maximum atomic E-state index is 13.7. The van der Waals surface area contributed by atoms with E-state index in [1.807, 2.05) is 29.3 Å². The molecule has 0 atom stereocenters. The van der Waals surface area contributed by atoms with Gasteiger partial charge < -0.3 is 24.3 Å². The number of carbonyl (C=O) groups excluding carboxylic acids is 1. The zero-order valence-electron chi connectivity index (χ0n) is 20.7. The lowest BCUT2D eigenvalue weighted by molar-refractivity contribution is 0.0748. The van der Waals surface area contributed by atoms with Crippen molar-refractivity contribution in [2.75, 3.05) is 32.2 Å². The number of halogens is 2. The van der Waals surface area contributed by atoms with E-state index in [-0.39, 0.29) is 30.7 Å². The number of hydrogen-bond donors (Lipinski definition) is 1. The molecule has 0 radical (unpaired) electrons. The van der Waals surface area contributed by atoms with E-state index in [0.29, 0.717) is 43.2 Å². The molecule has 0 saturated carbocycles. The van der Waals surface area contributed by atoms with E-state index in [1.165, 1.54) is 0 Å². The van der Waals surface area contributed by atoms with Crippen molar-refractivity contribution >= 4 is 36.4 Å². The summed E-state index contributed by atoms with van der Waals surface area (Å²) < 4.78 is 10.8. The van der Waals surface area contributed by atoms with E-state index in [0.717, 1.165) is 28.1 Å². The van der Waals surface area contributed by atoms with Crippen molar-refractivity contribution in [1.82, 2.24) is 14.9 Å². The molecule has 2 heterocycles. The summed E-state index contributed by atoms with van der Waals surface area (Å²) >= 11 is 0. The summed E-state index contributed by atoms with van der Waals surface area (Å²) in [6.07, 6.45) is 3.53. The number of nitrogens with zero attached hydrogens (tertiary/aromatic N) is 3. The number of nitrogens with one attached hydrogen (secondary N) is 1. The van der Waals surface area contributed by atoms with Gasteiger partial charge in [-0.2, -0.15) is 0 Å². The summed E-state index contributed by atoms with van der Waals surface area (Å²) in [5.41, 5.74) is 6.05. The lowest BCUT2D eigenvalue weighted by atomic mass is 10.0. The second kappa shape index (κ2) is 12.5. The number of ether oxygens (including phenoxy) is 2. The maximum Gasteiger partial charge on any atom is 0.257 e. The Labute approximate surface area is 229 Å². The van der Waals surface area contributed by atoms with Crippen molar-refractivity contribution in [3.05, 3.63) is 96.1 Å². The first-order valence-electron chi connectivity index (χ1n) is 11.6. The highest BCUT2D eigenvalue weighted by molar-refractivity contribution is 5.97. The predicted octanol–water partition coefficient (Wildman–Crippen LogP) is 5.60. The highest BCUT2D eigenvalue weighted by Gasteiger charge is 2.26. The third kappa shape index (κ3) is 6.01. The number of H-pyrrole nitrogens is 1. The summed E-state index contributed by atoms with van der Waals surface area (Å²) in [5.74, 6) is 1.09. The first kappa shape index (κ1) is 27.9. The zero-order valence-corrected chi connectivity index (χ0v) is 22.3. The van der Waals surface area contributed by atoms with Crippen LogP contribution in [0.5, 0.6) is 11.5 Å². The van der Waals surface area contributed by atoms with Gasteiger partial charge in [0, 0.05) is 37.6 Å². The van der Waals surface area contributed by atoms with Crippen LogP contribution in [0.2, 0.25) is 0 Å². The molecule has 37 heavy (non-hydrogen) atoms. The molecule has 194 valence electrons. The predicted molar refractivity (Wildman–Crippen MR) is 150 cm³/mol. The fourth-order valence-corrected chi connectivity index (χ4v) is 4.54. The number of aromatic nitrogens is 2. The summed E-state index contributed by atoms with van der Waals surface area (Å²) in [4.78, 5) is 25.2. The smallest absolute Gasteiger partial charge is 0.257 e. The molecule has 7 nitrogen and oxygen atoms in total. The monoisotopic (exact) mass is 540 g/mol. The van der Waals surface area contributed by atoms with Gasteiger partial charge in [-0.1, -0.05) is 36.4 Å². The number of methoxy groups -OCH3 is 2. The van der Waals surface area contributed by atoms with Crippen molar-refractivity contribution in [2.24, 2.45) is 0 Å². The van der Waals surface area contributed by atoms with Crippen LogP contribution in [0.3, 0.4) is 0 Å². The summed E-state index contributed by atoms with van der Waals surface area (Å²) in [5, 5.41) is 0. The summed E-state index contributed by atoms with van der Waals surface area (Å²) in [6, 6.07) is 22.1. The number of amides is 1. The van der Waals surface area contributed by atoms with Crippen molar-refractivity contribution in [1.29, 1.82) is 0 Å². The van der Waals surface area contributed by atoms with Crippen molar-refractivity contribution in [2.45, 2.75) is 13.1 Å². The highest BCUT2D eigenvalue weighted by atomic mass is 35.5. The Morgan fingerprint density at radius 1 is 0.946 bits per heavy atom. The number of fused-ring (bicyclic) bond motifs is 1. The van der Waals surface area contributed by atoms with E-state index in [2.05, 4.69) is 45.2 Å². The number of anilines is 1. The molecule has 0 fully saturated rings. The van der Waals surface area contributed by atoms with Crippen molar-refractivity contribution in [3.63, 3.8) is 0 Å². The number of hydrogen-bond acceptors (Lipinski definition) is 5. The Kier molecular flexibility index (Phi) is 9.44. The number of benzene rings is 3. The molecule has 1 aromatic heterocycles. The van der Waals surface area contributed by atoms with Crippen LogP contribution in [0.1, 0.15) is 21.6 Å². The van der Waals surface area contributed by atoms with Crippen molar-refractivity contribution in [3.8, 4) is 22.6 Å². The number of rotatable bonds is 6. The fraction of sp³-hybridized carbons (Fsp3) is 0.214. The van der Waals surface area contributed by atoms with Gasteiger partial charge in [0.15, 0.2) is 0 Å². The molecule has 1 amide bonds. The standard InChI is InChI=1S/C28H28N4O3.2ClH/c1-34-24-9-10-25(27(15-24)35-2)28(33)32-13-12-31(18-23-16-29-19-30-23)26-11-8-21(14-22(26)17-32)20-6-4-3-5-7-20;;/h3-11,14-16,19H,12-13,17-18H2,1-2H3,(H,29,30);2*1H. The zero-order chi connectivity index (χ0) is 24.2. The fourth-order valence-electron chi connectivity index (χ4n) is 4.54. The lowest BCUT2D eigenvalue weighted by Gasteiger charge is -2.24. The number of carbonyl (C=O) groups is 1. The van der Waals surface area contributed by atoms with Gasteiger partial charge in [-0.25, -0.2) is 4.98 Å². The van der Waals surface area contributed by atoms with Crippen LogP contribution in [0.15, 0.2) is 79.3 Å². The minimum absolute atomic E-state index is 0. The largest absolute Gasteiger partial charge is 0.497 e. The third-order valence-electron chi connectivity index (χ3n) is 6.37. The van der Waals surface area contributed by atoms with Gasteiger partial charge in [0.25, 0.3) is 5.91 Å². The molecule has 4 aromatic rings. The molecule has 9 heteroatoms. The topological polar surface area (TPSA) is 70.7 Å². The molecule has 0 aliphatic carbocycles. The second-order valence-electron chi connectivity index (χ2n) is 8.50. The van der Waals surface area contributed by atoms with Gasteiger partial charge in [0.2, 0.25) is 0 Å². The van der Waals surface area contributed by atoms with E-state index in [9.17, 15) is 4.79 Å². The Morgan fingerprint density at radius 2 is 1.76 bits per heavy atom. The molecular formula is C28H30Cl2N4O3. The molecule has 0 bridgehead atoms. The van der Waals surface area contributed by atoms with Crippen LogP contribution >= 0.6 is 24.8 Å². The van der Waals surface area contributed by atoms with Gasteiger partial charge in [0.05, 0.1) is 38.3 Å². The third-order valence-corrected chi connectivity index (χ3v) is 6.37. The number of aromatic amines is 1. The lowest BCUT2D eigenvalue weighted by Crippen LogP contribution is -2.35. The average molecular weight is 541 g/mol. The molecule has 1 aliphatic heterocycles. The molecular weight excluding hydrogens is 511 g/mol. The first-order chi connectivity index (χ1) is 17.2. The normalized spacial score (nSPS) is 12.5. The van der Waals surface area contributed by atoms with Crippen LogP contribution in [-0.2, 0) is 13.1 Å². The summed E-state index contributed by atoms with van der Waals surface area (Å²) in [7, 11) is 3.17.